The highest BCUT2D eigenvalue weighted by atomic mass is 35.5. The zero-order chi connectivity index (χ0) is 25.0. The SMILES string of the molecule is CCCN(Cc1nnc(-c2ccccc2Cl)o1)C(=O)c1ccc(Cl)c(S(=O)(=O)N2CCCCC2)c1. The summed E-state index contributed by atoms with van der Waals surface area (Å²) in [5, 5.41) is 8.70. The van der Waals surface area contributed by atoms with Crippen LogP contribution in [0.25, 0.3) is 11.5 Å². The Morgan fingerprint density at radius 2 is 1.80 bits per heavy atom. The van der Waals surface area contributed by atoms with Crippen LogP contribution in [-0.4, -0.2) is 53.4 Å². The molecule has 0 saturated carbocycles. The van der Waals surface area contributed by atoms with Gasteiger partial charge in [-0.1, -0.05) is 48.7 Å². The number of nitrogens with zero attached hydrogens (tertiary/aromatic N) is 4. The first-order valence-electron chi connectivity index (χ1n) is 11.5. The molecule has 186 valence electrons. The lowest BCUT2D eigenvalue weighted by molar-refractivity contribution is 0.0728. The second kappa shape index (κ2) is 11.1. The third-order valence-corrected chi connectivity index (χ3v) is 8.50. The number of carbonyl (C=O) groups is 1. The lowest BCUT2D eigenvalue weighted by atomic mass is 10.2. The number of hydrogen-bond donors (Lipinski definition) is 0. The van der Waals surface area contributed by atoms with Crippen molar-refractivity contribution in [3.8, 4) is 11.5 Å². The number of rotatable bonds is 8. The molecule has 0 aliphatic carbocycles. The molecule has 8 nitrogen and oxygen atoms in total. The Bertz CT molecular complexity index is 1310. The molecule has 0 N–H and O–H groups in total. The van der Waals surface area contributed by atoms with Crippen molar-refractivity contribution in [2.24, 2.45) is 0 Å². The molecular formula is C24H26Cl2N4O4S. The first kappa shape index (κ1) is 25.6. The summed E-state index contributed by atoms with van der Waals surface area (Å²) in [4.78, 5) is 14.9. The molecule has 0 spiro atoms. The second-order valence-corrected chi connectivity index (χ2v) is 11.0. The van der Waals surface area contributed by atoms with E-state index >= 15 is 0 Å². The van der Waals surface area contributed by atoms with Crippen LogP contribution in [0.5, 0.6) is 0 Å². The fraction of sp³-hybridized carbons (Fsp3) is 0.375. The molecule has 0 unspecified atom stereocenters. The van der Waals surface area contributed by atoms with Crippen molar-refractivity contribution >= 4 is 39.1 Å². The average Bonchev–Trinajstić information content (AvgIpc) is 3.32. The minimum absolute atomic E-state index is 0.0536. The Labute approximate surface area is 214 Å². The Morgan fingerprint density at radius 3 is 2.51 bits per heavy atom. The standard InChI is InChI=1S/C24H26Cl2N4O4S/c1-2-12-29(16-22-27-28-23(34-22)18-8-4-5-9-19(18)25)24(31)17-10-11-20(26)21(15-17)35(32,33)30-13-6-3-7-14-30/h4-5,8-11,15H,2-3,6-7,12-14,16H2,1H3. The molecular weight excluding hydrogens is 511 g/mol. The highest BCUT2D eigenvalue weighted by molar-refractivity contribution is 7.89. The molecule has 35 heavy (non-hydrogen) atoms. The van der Waals surface area contributed by atoms with Crippen LogP contribution in [0.4, 0.5) is 0 Å². The molecule has 1 amide bonds. The number of amides is 1. The number of hydrogen-bond acceptors (Lipinski definition) is 6. The van der Waals surface area contributed by atoms with Crippen LogP contribution in [0.3, 0.4) is 0 Å². The summed E-state index contributed by atoms with van der Waals surface area (Å²) >= 11 is 12.5. The van der Waals surface area contributed by atoms with Crippen molar-refractivity contribution in [1.29, 1.82) is 0 Å². The van der Waals surface area contributed by atoms with Crippen LogP contribution in [0, 0.1) is 0 Å². The smallest absolute Gasteiger partial charge is 0.254 e. The molecule has 1 aliphatic heterocycles. The fourth-order valence-electron chi connectivity index (χ4n) is 4.01. The summed E-state index contributed by atoms with van der Waals surface area (Å²) in [5.74, 6) is 0.156. The Balaban J connectivity index is 1.58. The highest BCUT2D eigenvalue weighted by Gasteiger charge is 2.29. The van der Waals surface area contributed by atoms with Gasteiger partial charge in [0.2, 0.25) is 21.8 Å². The van der Waals surface area contributed by atoms with Gasteiger partial charge in [0.25, 0.3) is 5.91 Å². The van der Waals surface area contributed by atoms with Gasteiger partial charge >= 0.3 is 0 Å². The van der Waals surface area contributed by atoms with Crippen LogP contribution in [0.15, 0.2) is 51.8 Å². The van der Waals surface area contributed by atoms with Crippen molar-refractivity contribution in [3.05, 3.63) is 64.0 Å². The Kier molecular flexibility index (Phi) is 8.11. The van der Waals surface area contributed by atoms with E-state index in [1.54, 1.807) is 23.1 Å². The number of piperidine rings is 1. The van der Waals surface area contributed by atoms with E-state index in [9.17, 15) is 13.2 Å². The maximum atomic E-state index is 13.4. The van der Waals surface area contributed by atoms with E-state index in [1.165, 1.54) is 22.5 Å². The van der Waals surface area contributed by atoms with Gasteiger partial charge in [-0.3, -0.25) is 4.79 Å². The lowest BCUT2D eigenvalue weighted by Crippen LogP contribution is -2.36. The summed E-state index contributed by atoms with van der Waals surface area (Å²) in [6.45, 7) is 3.32. The molecule has 0 radical (unpaired) electrons. The summed E-state index contributed by atoms with van der Waals surface area (Å²) in [7, 11) is -3.80. The molecule has 3 aromatic rings. The summed E-state index contributed by atoms with van der Waals surface area (Å²) < 4.78 is 33.6. The van der Waals surface area contributed by atoms with Crippen molar-refractivity contribution in [2.45, 2.75) is 44.0 Å². The number of benzene rings is 2. The molecule has 0 bridgehead atoms. The zero-order valence-corrected chi connectivity index (χ0v) is 21.6. The molecule has 11 heteroatoms. The quantitative estimate of drug-likeness (QED) is 0.389. The van der Waals surface area contributed by atoms with Crippen LogP contribution >= 0.6 is 23.2 Å². The van der Waals surface area contributed by atoms with Crippen LogP contribution in [0.2, 0.25) is 10.0 Å². The van der Waals surface area contributed by atoms with E-state index in [4.69, 9.17) is 27.6 Å². The van der Waals surface area contributed by atoms with E-state index in [2.05, 4.69) is 10.2 Å². The maximum absolute atomic E-state index is 13.4. The summed E-state index contributed by atoms with van der Waals surface area (Å²) in [5.41, 5.74) is 0.829. The summed E-state index contributed by atoms with van der Waals surface area (Å²) in [6.07, 6.45) is 3.29. The topological polar surface area (TPSA) is 96.6 Å². The normalized spacial score (nSPS) is 14.7. The predicted molar refractivity (Wildman–Crippen MR) is 134 cm³/mol. The maximum Gasteiger partial charge on any atom is 0.254 e. The summed E-state index contributed by atoms with van der Waals surface area (Å²) in [6, 6.07) is 11.5. The molecule has 1 aliphatic rings. The first-order valence-corrected chi connectivity index (χ1v) is 13.7. The fourth-order valence-corrected chi connectivity index (χ4v) is 6.24. The first-order chi connectivity index (χ1) is 16.8. The van der Waals surface area contributed by atoms with E-state index in [1.807, 2.05) is 13.0 Å². The van der Waals surface area contributed by atoms with E-state index in [-0.39, 0.29) is 39.7 Å². The number of aromatic nitrogens is 2. The molecule has 0 atom stereocenters. The van der Waals surface area contributed by atoms with Crippen molar-refractivity contribution < 1.29 is 17.6 Å². The van der Waals surface area contributed by atoms with Crippen LogP contribution in [-0.2, 0) is 16.6 Å². The van der Waals surface area contributed by atoms with Gasteiger partial charge in [-0.05, 0) is 49.6 Å². The molecule has 1 saturated heterocycles. The van der Waals surface area contributed by atoms with Gasteiger partial charge in [-0.25, -0.2) is 8.42 Å². The number of sulfonamides is 1. The third-order valence-electron chi connectivity index (χ3n) is 5.79. The zero-order valence-electron chi connectivity index (χ0n) is 19.3. The van der Waals surface area contributed by atoms with Gasteiger partial charge in [0.15, 0.2) is 0 Å². The van der Waals surface area contributed by atoms with Crippen LogP contribution < -0.4 is 0 Å². The monoisotopic (exact) mass is 536 g/mol. The van der Waals surface area contributed by atoms with Crippen LogP contribution in [0.1, 0.15) is 48.9 Å². The van der Waals surface area contributed by atoms with E-state index in [0.29, 0.717) is 36.6 Å². The minimum atomic E-state index is -3.80. The second-order valence-electron chi connectivity index (χ2n) is 8.32. The number of carbonyl (C=O) groups excluding carboxylic acids is 1. The molecule has 1 aromatic heterocycles. The largest absolute Gasteiger partial charge is 0.419 e. The predicted octanol–water partition coefficient (Wildman–Crippen LogP) is 5.27. The average molecular weight is 537 g/mol. The molecule has 4 rings (SSSR count). The molecule has 2 aromatic carbocycles. The van der Waals surface area contributed by atoms with Gasteiger partial charge in [-0.15, -0.1) is 10.2 Å². The van der Waals surface area contributed by atoms with Gasteiger partial charge < -0.3 is 9.32 Å². The highest BCUT2D eigenvalue weighted by Crippen LogP contribution is 2.29. The third kappa shape index (κ3) is 5.69. The van der Waals surface area contributed by atoms with Gasteiger partial charge in [-0.2, -0.15) is 4.31 Å². The van der Waals surface area contributed by atoms with Crippen molar-refractivity contribution in [2.75, 3.05) is 19.6 Å². The van der Waals surface area contributed by atoms with Gasteiger partial charge in [0.1, 0.15) is 4.90 Å². The minimum Gasteiger partial charge on any atom is -0.419 e. The van der Waals surface area contributed by atoms with Gasteiger partial charge in [0.05, 0.1) is 22.2 Å². The van der Waals surface area contributed by atoms with Gasteiger partial charge in [0, 0.05) is 25.2 Å². The van der Waals surface area contributed by atoms with E-state index < -0.39 is 10.0 Å². The Morgan fingerprint density at radius 1 is 1.06 bits per heavy atom. The number of halogens is 2. The lowest BCUT2D eigenvalue weighted by Gasteiger charge is -2.26. The van der Waals surface area contributed by atoms with E-state index in [0.717, 1.165) is 19.3 Å². The molecule has 1 fully saturated rings. The molecule has 2 heterocycles. The van der Waals surface area contributed by atoms with Crippen molar-refractivity contribution in [1.82, 2.24) is 19.4 Å². The Hall–Kier alpha value is -2.46. The van der Waals surface area contributed by atoms with Crippen molar-refractivity contribution in [3.63, 3.8) is 0 Å².